The molecule has 0 saturated carbocycles. The van der Waals surface area contributed by atoms with Crippen molar-refractivity contribution in [3.8, 4) is 22.0 Å². The van der Waals surface area contributed by atoms with Crippen LogP contribution in [0.3, 0.4) is 0 Å². The molecule has 2 aromatic carbocycles. The second kappa shape index (κ2) is 9.40. The second-order valence-corrected chi connectivity index (χ2v) is 8.38. The number of thiophene rings is 1. The summed E-state index contributed by atoms with van der Waals surface area (Å²) in [5.41, 5.74) is 2.04. The molecule has 1 saturated heterocycles. The van der Waals surface area contributed by atoms with Crippen LogP contribution in [0.4, 0.5) is 0 Å². The maximum Gasteiger partial charge on any atom is 0.362 e. The quantitative estimate of drug-likeness (QED) is 0.329. The van der Waals surface area contributed by atoms with Gasteiger partial charge >= 0.3 is 5.97 Å². The fourth-order valence-electron chi connectivity index (χ4n) is 3.66. The highest BCUT2D eigenvalue weighted by atomic mass is 32.1. The number of aromatic nitrogens is 2. The first-order valence-electron chi connectivity index (χ1n) is 10.6. The van der Waals surface area contributed by atoms with Crippen LogP contribution in [0.1, 0.15) is 20.8 Å². The number of benzene rings is 2. The van der Waals surface area contributed by atoms with Gasteiger partial charge in [-0.05, 0) is 35.7 Å². The number of nitrogens with zero attached hydrogens (tertiary/aromatic N) is 3. The van der Waals surface area contributed by atoms with Gasteiger partial charge in [0.2, 0.25) is 0 Å². The van der Waals surface area contributed by atoms with E-state index in [1.807, 2.05) is 47.8 Å². The van der Waals surface area contributed by atoms with E-state index in [9.17, 15) is 9.59 Å². The molecule has 0 unspecified atom stereocenters. The summed E-state index contributed by atoms with van der Waals surface area (Å²) in [5, 5.41) is 6.61. The zero-order valence-electron chi connectivity index (χ0n) is 17.7. The van der Waals surface area contributed by atoms with E-state index in [1.54, 1.807) is 51.3 Å². The number of morpholine rings is 1. The van der Waals surface area contributed by atoms with Gasteiger partial charge < -0.3 is 14.4 Å². The van der Waals surface area contributed by atoms with Crippen LogP contribution in [0.25, 0.3) is 16.3 Å². The highest BCUT2D eigenvalue weighted by Crippen LogP contribution is 2.27. The maximum atomic E-state index is 13.3. The maximum absolute atomic E-state index is 13.3. The van der Waals surface area contributed by atoms with Gasteiger partial charge in [0.25, 0.3) is 5.91 Å². The Hall–Kier alpha value is -3.75. The van der Waals surface area contributed by atoms with Gasteiger partial charge in [-0.3, -0.25) is 4.79 Å². The average molecular weight is 460 g/mol. The molecule has 4 aromatic rings. The third kappa shape index (κ3) is 4.44. The molecule has 0 aliphatic carbocycles. The number of amides is 1. The minimum absolute atomic E-state index is 0.183. The van der Waals surface area contributed by atoms with Crippen LogP contribution < -0.4 is 4.74 Å². The van der Waals surface area contributed by atoms with E-state index < -0.39 is 5.97 Å². The molecule has 0 bridgehead atoms. The van der Waals surface area contributed by atoms with Gasteiger partial charge in [0.1, 0.15) is 11.4 Å². The number of para-hydroxylation sites is 2. The average Bonchev–Trinajstić information content (AvgIpc) is 3.55. The van der Waals surface area contributed by atoms with Gasteiger partial charge in [0, 0.05) is 19.2 Å². The third-order valence-electron chi connectivity index (χ3n) is 5.31. The second-order valence-electron chi connectivity index (χ2n) is 7.43. The van der Waals surface area contributed by atoms with Crippen LogP contribution in [0.5, 0.6) is 5.75 Å². The highest BCUT2D eigenvalue weighted by molar-refractivity contribution is 7.13. The molecule has 0 atom stereocenters. The Labute approximate surface area is 194 Å². The van der Waals surface area contributed by atoms with Gasteiger partial charge in [-0.2, -0.15) is 5.10 Å². The smallest absolute Gasteiger partial charge is 0.362 e. The highest BCUT2D eigenvalue weighted by Gasteiger charge is 2.25. The predicted octanol–water partition coefficient (Wildman–Crippen LogP) is 4.29. The van der Waals surface area contributed by atoms with Crippen LogP contribution in [0.2, 0.25) is 0 Å². The summed E-state index contributed by atoms with van der Waals surface area (Å²) in [6.07, 6.45) is 0. The number of carbonyl (C=O) groups is 2. The Morgan fingerprint density at radius 1 is 0.939 bits per heavy atom. The Morgan fingerprint density at radius 2 is 1.70 bits per heavy atom. The fourth-order valence-corrected chi connectivity index (χ4v) is 4.34. The van der Waals surface area contributed by atoms with E-state index >= 15 is 0 Å². The van der Waals surface area contributed by atoms with E-state index in [1.165, 1.54) is 0 Å². The summed E-state index contributed by atoms with van der Waals surface area (Å²) in [6, 6.07) is 21.8. The molecule has 33 heavy (non-hydrogen) atoms. The van der Waals surface area contributed by atoms with Crippen LogP contribution in [-0.2, 0) is 4.74 Å². The van der Waals surface area contributed by atoms with Gasteiger partial charge in [-0.15, -0.1) is 11.3 Å². The minimum Gasteiger partial charge on any atom is -0.421 e. The number of ether oxygens (including phenoxy) is 2. The number of rotatable bonds is 5. The van der Waals surface area contributed by atoms with Gasteiger partial charge in [0.15, 0.2) is 5.69 Å². The predicted molar refractivity (Wildman–Crippen MR) is 125 cm³/mol. The van der Waals surface area contributed by atoms with Crippen molar-refractivity contribution in [2.45, 2.75) is 0 Å². The van der Waals surface area contributed by atoms with E-state index in [0.29, 0.717) is 37.6 Å². The molecular weight excluding hydrogens is 438 g/mol. The summed E-state index contributed by atoms with van der Waals surface area (Å²) in [5.74, 6) is -0.550. The fraction of sp³-hybridized carbons (Fsp3) is 0.160. The number of hydrogen-bond acceptors (Lipinski definition) is 6. The van der Waals surface area contributed by atoms with Crippen molar-refractivity contribution in [1.82, 2.24) is 14.7 Å². The van der Waals surface area contributed by atoms with Crippen LogP contribution in [0.15, 0.2) is 78.2 Å². The van der Waals surface area contributed by atoms with Crippen LogP contribution >= 0.6 is 11.3 Å². The Balaban J connectivity index is 1.48. The Kier molecular flexibility index (Phi) is 6.01. The van der Waals surface area contributed by atoms with Crippen molar-refractivity contribution in [3.05, 3.63) is 89.4 Å². The lowest BCUT2D eigenvalue weighted by Crippen LogP contribution is -2.40. The van der Waals surface area contributed by atoms with E-state index in [2.05, 4.69) is 5.10 Å². The first-order chi connectivity index (χ1) is 16.2. The zero-order chi connectivity index (χ0) is 22.6. The Bertz CT molecular complexity index is 1260. The summed E-state index contributed by atoms with van der Waals surface area (Å²) in [6.45, 7) is 2.00. The normalized spacial score (nSPS) is 13.6. The lowest BCUT2D eigenvalue weighted by atomic mass is 10.1. The van der Waals surface area contributed by atoms with Crippen LogP contribution in [-0.4, -0.2) is 52.9 Å². The molecule has 0 radical (unpaired) electrons. The first kappa shape index (κ1) is 21.1. The molecule has 2 aromatic heterocycles. The molecule has 8 heteroatoms. The van der Waals surface area contributed by atoms with Crippen molar-refractivity contribution in [1.29, 1.82) is 0 Å². The molecule has 7 nitrogen and oxygen atoms in total. The minimum atomic E-state index is -0.587. The number of hydrogen-bond donors (Lipinski definition) is 0. The zero-order valence-corrected chi connectivity index (χ0v) is 18.5. The lowest BCUT2D eigenvalue weighted by Gasteiger charge is -2.27. The van der Waals surface area contributed by atoms with E-state index in [-0.39, 0.29) is 17.4 Å². The molecule has 166 valence electrons. The molecule has 5 rings (SSSR count). The van der Waals surface area contributed by atoms with Gasteiger partial charge in [-0.25, -0.2) is 9.48 Å². The summed E-state index contributed by atoms with van der Waals surface area (Å²) in [7, 11) is 0. The summed E-state index contributed by atoms with van der Waals surface area (Å²) >= 11 is 1.54. The van der Waals surface area contributed by atoms with Crippen molar-refractivity contribution >= 4 is 23.2 Å². The standard InChI is InChI=1S/C25H21N3O4S/c29-24(27-12-14-31-15-13-27)19-9-4-5-10-22(19)32-25(30)21-17-20(23-11-6-16-33-23)26-28(21)18-7-2-1-3-8-18/h1-11,16-17H,12-15H2. The lowest BCUT2D eigenvalue weighted by molar-refractivity contribution is 0.0300. The number of esters is 1. The molecule has 3 heterocycles. The van der Waals surface area contributed by atoms with E-state index in [4.69, 9.17) is 9.47 Å². The molecule has 1 amide bonds. The largest absolute Gasteiger partial charge is 0.421 e. The first-order valence-corrected chi connectivity index (χ1v) is 11.5. The van der Waals surface area contributed by atoms with Crippen molar-refractivity contribution < 1.29 is 19.1 Å². The molecule has 1 aliphatic heterocycles. The SMILES string of the molecule is O=C(Oc1ccccc1C(=O)N1CCOCC1)c1cc(-c2cccs2)nn1-c1ccccc1. The molecule has 0 N–H and O–H groups in total. The summed E-state index contributed by atoms with van der Waals surface area (Å²) < 4.78 is 12.7. The number of carbonyl (C=O) groups excluding carboxylic acids is 2. The van der Waals surface area contributed by atoms with Gasteiger partial charge in [0.05, 0.1) is 29.3 Å². The molecule has 0 spiro atoms. The third-order valence-corrected chi connectivity index (χ3v) is 6.20. The van der Waals surface area contributed by atoms with E-state index in [0.717, 1.165) is 10.6 Å². The molecular formula is C25H21N3O4S. The molecule has 1 aliphatic rings. The monoisotopic (exact) mass is 459 g/mol. The van der Waals surface area contributed by atoms with Crippen molar-refractivity contribution in [3.63, 3.8) is 0 Å². The van der Waals surface area contributed by atoms with Crippen molar-refractivity contribution in [2.24, 2.45) is 0 Å². The molecule has 1 fully saturated rings. The Morgan fingerprint density at radius 3 is 2.45 bits per heavy atom. The van der Waals surface area contributed by atoms with Gasteiger partial charge in [-0.1, -0.05) is 36.4 Å². The van der Waals surface area contributed by atoms with Crippen molar-refractivity contribution in [2.75, 3.05) is 26.3 Å². The van der Waals surface area contributed by atoms with Crippen LogP contribution in [0, 0.1) is 0 Å². The topological polar surface area (TPSA) is 73.7 Å². The summed E-state index contributed by atoms with van der Waals surface area (Å²) in [4.78, 5) is 29.0.